The van der Waals surface area contributed by atoms with Gasteiger partial charge in [-0.3, -0.25) is 14.4 Å². The van der Waals surface area contributed by atoms with Gasteiger partial charge in [0, 0.05) is 19.3 Å². The fourth-order valence-electron chi connectivity index (χ4n) is 7.38. The van der Waals surface area contributed by atoms with Crippen molar-refractivity contribution in [3.8, 4) is 0 Å². The summed E-state index contributed by atoms with van der Waals surface area (Å²) in [6.45, 7) is 5.56. The molecule has 0 aromatic carbocycles. The fraction of sp³-hybridized carbons (Fsp3) is 0.607. The second-order valence-corrected chi connectivity index (χ2v) is 18.1. The summed E-state index contributed by atoms with van der Waals surface area (Å²) in [7, 11) is 0. The first kappa shape index (κ1) is 66.1. The number of aliphatic hydroxyl groups excluding tert-OH is 2. The number of esters is 3. The van der Waals surface area contributed by atoms with Gasteiger partial charge in [0.1, 0.15) is 18.8 Å². The number of carboxylic acids is 1. The lowest BCUT2D eigenvalue weighted by atomic mass is 9.98. The molecule has 1 aliphatic rings. The lowest BCUT2D eigenvalue weighted by molar-refractivity contribution is -0.301. The van der Waals surface area contributed by atoms with E-state index in [0.717, 1.165) is 122 Å². The first-order chi connectivity index (χ1) is 35.6. The summed E-state index contributed by atoms with van der Waals surface area (Å²) in [5.74, 6) is -3.26. The monoisotopic (exact) mass is 1020 g/mol. The molecule has 0 aromatic rings. The molecule has 6 unspecified atom stereocenters. The highest BCUT2D eigenvalue weighted by Crippen LogP contribution is 2.26. The van der Waals surface area contributed by atoms with Crippen molar-refractivity contribution >= 4 is 23.9 Å². The van der Waals surface area contributed by atoms with Gasteiger partial charge in [0.2, 0.25) is 0 Å². The van der Waals surface area contributed by atoms with Crippen molar-refractivity contribution in [1.29, 1.82) is 0 Å². The van der Waals surface area contributed by atoms with Gasteiger partial charge in [0.05, 0.1) is 6.61 Å². The number of carbonyl (C=O) groups is 4. The van der Waals surface area contributed by atoms with Crippen LogP contribution in [0, 0.1) is 0 Å². The van der Waals surface area contributed by atoms with Gasteiger partial charge in [-0.2, -0.15) is 0 Å². The van der Waals surface area contributed by atoms with Crippen LogP contribution in [0.1, 0.15) is 188 Å². The zero-order chi connectivity index (χ0) is 53.3. The van der Waals surface area contributed by atoms with Crippen molar-refractivity contribution in [3.63, 3.8) is 0 Å². The predicted molar refractivity (Wildman–Crippen MR) is 293 cm³/mol. The Bertz CT molecular complexity index is 1730. The molecule has 1 fully saturated rings. The fourth-order valence-corrected chi connectivity index (χ4v) is 7.38. The smallest absolute Gasteiger partial charge is 0.335 e. The molecule has 12 heteroatoms. The number of unbranched alkanes of at least 4 members (excludes halogenated alkanes) is 10. The van der Waals surface area contributed by atoms with Crippen molar-refractivity contribution in [2.75, 3.05) is 13.2 Å². The molecule has 1 heterocycles. The number of aliphatic carboxylic acids is 1. The number of ether oxygens (including phenoxy) is 5. The third kappa shape index (κ3) is 38.4. The van der Waals surface area contributed by atoms with Crippen LogP contribution in [0.3, 0.4) is 0 Å². The molecule has 1 aliphatic heterocycles. The van der Waals surface area contributed by atoms with E-state index in [1.807, 2.05) is 0 Å². The first-order valence-electron chi connectivity index (χ1n) is 27.5. The molecule has 0 saturated carbocycles. The number of hydrogen-bond acceptors (Lipinski definition) is 11. The number of aliphatic hydroxyl groups is 2. The molecule has 0 aromatic heterocycles. The molecule has 1 rings (SSSR count). The Balaban J connectivity index is 2.78. The Morgan fingerprint density at radius 2 is 0.822 bits per heavy atom. The topological polar surface area (TPSA) is 175 Å². The van der Waals surface area contributed by atoms with Gasteiger partial charge < -0.3 is 39.0 Å². The molecule has 73 heavy (non-hydrogen) atoms. The van der Waals surface area contributed by atoms with Gasteiger partial charge in [-0.1, -0.05) is 168 Å². The Morgan fingerprint density at radius 3 is 1.29 bits per heavy atom. The Hall–Kier alpha value is -4.88. The van der Waals surface area contributed by atoms with Crippen molar-refractivity contribution in [2.24, 2.45) is 0 Å². The molecule has 0 aliphatic carbocycles. The summed E-state index contributed by atoms with van der Waals surface area (Å²) in [5, 5.41) is 31.4. The van der Waals surface area contributed by atoms with Crippen molar-refractivity contribution in [2.45, 2.75) is 225 Å². The van der Waals surface area contributed by atoms with E-state index in [9.17, 15) is 34.5 Å². The van der Waals surface area contributed by atoms with E-state index in [-0.39, 0.29) is 25.9 Å². The summed E-state index contributed by atoms with van der Waals surface area (Å²) in [4.78, 5) is 51.0. The number of carboxylic acid groups (broad SMARTS) is 1. The minimum absolute atomic E-state index is 0.00388. The van der Waals surface area contributed by atoms with Gasteiger partial charge in [-0.15, -0.1) is 0 Å². The molecule has 0 spiro atoms. The van der Waals surface area contributed by atoms with Crippen molar-refractivity contribution in [3.05, 3.63) is 122 Å². The summed E-state index contributed by atoms with van der Waals surface area (Å²) < 4.78 is 28.3. The minimum atomic E-state index is -1.93. The third-order valence-corrected chi connectivity index (χ3v) is 11.5. The predicted octanol–water partition coefficient (Wildman–Crippen LogP) is 13.7. The van der Waals surface area contributed by atoms with Crippen LogP contribution in [0.25, 0.3) is 0 Å². The summed E-state index contributed by atoms with van der Waals surface area (Å²) in [5.41, 5.74) is 0. The molecule has 0 radical (unpaired) electrons. The normalized spacial score (nSPS) is 19.3. The molecule has 1 saturated heterocycles. The van der Waals surface area contributed by atoms with Gasteiger partial charge in [0.15, 0.2) is 24.6 Å². The zero-order valence-corrected chi connectivity index (χ0v) is 44.8. The average Bonchev–Trinajstić information content (AvgIpc) is 3.37. The highest BCUT2D eigenvalue weighted by molar-refractivity contribution is 5.74. The Labute approximate surface area is 439 Å². The summed E-state index contributed by atoms with van der Waals surface area (Å²) >= 11 is 0. The Morgan fingerprint density at radius 1 is 0.452 bits per heavy atom. The second kappa shape index (κ2) is 48.1. The van der Waals surface area contributed by atoms with Crippen LogP contribution in [0.2, 0.25) is 0 Å². The third-order valence-electron chi connectivity index (χ3n) is 11.5. The minimum Gasteiger partial charge on any atom is -0.479 e. The number of rotatable bonds is 44. The molecular weight excluding hydrogens is 925 g/mol. The van der Waals surface area contributed by atoms with E-state index in [0.29, 0.717) is 25.7 Å². The maximum absolute atomic E-state index is 13.1. The van der Waals surface area contributed by atoms with E-state index >= 15 is 0 Å². The standard InChI is InChI=1S/C61H94O12/c1-4-7-10-13-16-19-22-25-27-30-32-35-38-41-44-47-53(62)69-50-52(71-54(63)48-45-42-39-36-33-29-24-21-18-15-12-9-6-3)51-70-61-59(57(66)56(65)58(73-61)60(67)68)72-55(64)49-46-43-40-37-34-31-28-26-23-20-17-14-11-8-5-2/h7-12,16-21,25-29,33-34,37,52,56-59,61,65-66H,4-6,13-15,22-24,30-32,35-36,38-51H2,1-3H3,(H,67,68)/b10-7-,11-8-,12-9-,19-16-,20-17-,21-18-,27-25-,28-26-,33-29-,37-34-. The first-order valence-corrected chi connectivity index (χ1v) is 27.5. The summed E-state index contributed by atoms with van der Waals surface area (Å²) in [6, 6.07) is 0. The molecule has 6 atom stereocenters. The highest BCUT2D eigenvalue weighted by Gasteiger charge is 2.50. The number of hydrogen-bond donors (Lipinski definition) is 3. The van der Waals surface area contributed by atoms with E-state index in [2.05, 4.69) is 142 Å². The molecular formula is C61H94O12. The largest absolute Gasteiger partial charge is 0.479 e. The maximum atomic E-state index is 13.1. The van der Waals surface area contributed by atoms with Crippen molar-refractivity contribution < 1.29 is 58.2 Å². The molecule has 0 amide bonds. The van der Waals surface area contributed by atoms with E-state index in [4.69, 9.17) is 23.7 Å². The SMILES string of the molecule is CC/C=C\C/C=C\C/C=C\C/C=C\CCCCC(=O)OC1C(OCC(COC(=O)CCCCCCC/C=C\C/C=C\C/C=C\CC)OC(=O)CCCCC/C=C\C/C=C\C/C=C\CC)OC(C(=O)O)C(O)C1O. The summed E-state index contributed by atoms with van der Waals surface area (Å²) in [6.07, 6.45) is 53.3. The second-order valence-electron chi connectivity index (χ2n) is 18.1. The average molecular weight is 1020 g/mol. The van der Waals surface area contributed by atoms with Crippen LogP contribution in [0.5, 0.6) is 0 Å². The van der Waals surface area contributed by atoms with Crippen LogP contribution in [0.4, 0.5) is 0 Å². The van der Waals surface area contributed by atoms with Crippen LogP contribution in [-0.2, 0) is 42.9 Å². The van der Waals surface area contributed by atoms with Crippen LogP contribution in [-0.4, -0.2) is 89.2 Å². The van der Waals surface area contributed by atoms with Gasteiger partial charge in [-0.05, 0) is 122 Å². The lowest BCUT2D eigenvalue weighted by Gasteiger charge is -2.40. The van der Waals surface area contributed by atoms with E-state index < -0.39 is 67.3 Å². The highest BCUT2D eigenvalue weighted by atomic mass is 16.7. The molecule has 12 nitrogen and oxygen atoms in total. The van der Waals surface area contributed by atoms with E-state index in [1.165, 1.54) is 0 Å². The van der Waals surface area contributed by atoms with E-state index in [1.54, 1.807) is 0 Å². The maximum Gasteiger partial charge on any atom is 0.335 e. The van der Waals surface area contributed by atoms with Gasteiger partial charge in [-0.25, -0.2) is 4.79 Å². The van der Waals surface area contributed by atoms with Gasteiger partial charge >= 0.3 is 23.9 Å². The van der Waals surface area contributed by atoms with Crippen molar-refractivity contribution in [1.82, 2.24) is 0 Å². The van der Waals surface area contributed by atoms with Crippen LogP contribution < -0.4 is 0 Å². The number of carbonyl (C=O) groups excluding carboxylic acids is 3. The molecule has 3 N–H and O–H groups in total. The molecule has 410 valence electrons. The molecule has 0 bridgehead atoms. The quantitative estimate of drug-likeness (QED) is 0.0228. The Kier molecular flexibility index (Phi) is 43.6. The van der Waals surface area contributed by atoms with Gasteiger partial charge in [0.25, 0.3) is 0 Å². The lowest BCUT2D eigenvalue weighted by Crippen LogP contribution is -2.61. The number of allylic oxidation sites excluding steroid dienone is 20. The zero-order valence-electron chi connectivity index (χ0n) is 44.8. The van der Waals surface area contributed by atoms with Crippen LogP contribution >= 0.6 is 0 Å². The van der Waals surface area contributed by atoms with Crippen LogP contribution in [0.15, 0.2) is 122 Å².